The second-order valence-corrected chi connectivity index (χ2v) is 9.35. The zero-order chi connectivity index (χ0) is 24.0. The summed E-state index contributed by atoms with van der Waals surface area (Å²) in [7, 11) is 0. The first-order valence-corrected chi connectivity index (χ1v) is 11.7. The molecule has 1 aromatic rings. The molecule has 2 saturated carbocycles. The summed E-state index contributed by atoms with van der Waals surface area (Å²) in [4.78, 5) is 49.3. The second kappa shape index (κ2) is 11.4. The van der Waals surface area contributed by atoms with Crippen LogP contribution in [0.5, 0.6) is 0 Å². The third-order valence-electron chi connectivity index (χ3n) is 6.20. The highest BCUT2D eigenvalue weighted by atomic mass is 35.5. The molecule has 3 amide bonds. The number of primary amides is 1. The Morgan fingerprint density at radius 2 is 1.67 bits per heavy atom. The van der Waals surface area contributed by atoms with Crippen LogP contribution >= 0.6 is 11.6 Å². The van der Waals surface area contributed by atoms with E-state index in [-0.39, 0.29) is 16.5 Å². The fraction of sp³-hybridized carbons (Fsp3) is 0.500. The van der Waals surface area contributed by atoms with E-state index in [1.807, 2.05) is 0 Å². The molecule has 0 saturated heterocycles. The highest BCUT2D eigenvalue weighted by Crippen LogP contribution is 2.34. The van der Waals surface area contributed by atoms with Crippen molar-refractivity contribution in [3.05, 3.63) is 40.7 Å². The van der Waals surface area contributed by atoms with Crippen molar-refractivity contribution in [2.75, 3.05) is 0 Å². The molecule has 0 radical (unpaired) electrons. The molecular formula is C24H29ClFN3O4. The molecule has 0 aliphatic heterocycles. The predicted molar refractivity (Wildman–Crippen MR) is 122 cm³/mol. The van der Waals surface area contributed by atoms with Crippen molar-refractivity contribution in [1.29, 1.82) is 0 Å². The van der Waals surface area contributed by atoms with Gasteiger partial charge in [-0.2, -0.15) is 0 Å². The highest BCUT2D eigenvalue weighted by Gasteiger charge is 2.34. The number of benzene rings is 1. The van der Waals surface area contributed by atoms with Crippen LogP contribution in [0.3, 0.4) is 0 Å². The van der Waals surface area contributed by atoms with E-state index >= 15 is 0 Å². The van der Waals surface area contributed by atoms with Gasteiger partial charge >= 0.3 is 0 Å². The van der Waals surface area contributed by atoms with E-state index in [1.54, 1.807) is 0 Å². The van der Waals surface area contributed by atoms with Crippen LogP contribution in [-0.4, -0.2) is 35.6 Å². The van der Waals surface area contributed by atoms with Gasteiger partial charge in [0, 0.05) is 16.7 Å². The summed E-state index contributed by atoms with van der Waals surface area (Å²) in [5.74, 6) is -3.04. The standard InChI is InChI=1S/C24H29ClFN3O4/c25-17-9-7-16(18(26)13-17)8-10-21(30)28-20(12-15-5-6-15)24(33)29-19(22(31)23(27)32)11-14-3-1-2-4-14/h7-10,13-15,19-20H,1-6,11-12H2,(H2,27,32)(H,28,30)(H,29,33)/b10-8+. The number of hydrogen-bond donors (Lipinski definition) is 3. The number of carbonyl (C=O) groups excluding carboxylic acids is 4. The van der Waals surface area contributed by atoms with Gasteiger partial charge in [-0.05, 0) is 42.9 Å². The Bertz CT molecular complexity index is 942. The molecule has 33 heavy (non-hydrogen) atoms. The van der Waals surface area contributed by atoms with Gasteiger partial charge in [0.15, 0.2) is 0 Å². The summed E-state index contributed by atoms with van der Waals surface area (Å²) in [6.45, 7) is 0. The number of carbonyl (C=O) groups is 4. The molecular weight excluding hydrogens is 449 g/mol. The molecule has 178 valence electrons. The fourth-order valence-electron chi connectivity index (χ4n) is 4.20. The molecule has 2 fully saturated rings. The molecule has 9 heteroatoms. The van der Waals surface area contributed by atoms with Gasteiger partial charge in [0.25, 0.3) is 5.91 Å². The number of hydrogen-bond acceptors (Lipinski definition) is 4. The lowest BCUT2D eigenvalue weighted by atomic mass is 9.95. The normalized spacial score (nSPS) is 18.1. The van der Waals surface area contributed by atoms with Gasteiger partial charge in [0.1, 0.15) is 11.9 Å². The molecule has 0 heterocycles. The lowest BCUT2D eigenvalue weighted by Gasteiger charge is -2.23. The lowest BCUT2D eigenvalue weighted by Crippen LogP contribution is -2.53. The van der Waals surface area contributed by atoms with Crippen molar-refractivity contribution in [3.63, 3.8) is 0 Å². The molecule has 3 rings (SSSR count). The number of rotatable bonds is 11. The summed E-state index contributed by atoms with van der Waals surface area (Å²) in [6.07, 6.45) is 9.10. The molecule has 0 spiro atoms. The van der Waals surface area contributed by atoms with Gasteiger partial charge in [-0.3, -0.25) is 19.2 Å². The van der Waals surface area contributed by atoms with E-state index in [0.29, 0.717) is 18.8 Å². The first kappa shape index (κ1) is 24.9. The van der Waals surface area contributed by atoms with Gasteiger partial charge < -0.3 is 16.4 Å². The summed E-state index contributed by atoms with van der Waals surface area (Å²) in [5.41, 5.74) is 5.38. The predicted octanol–water partition coefficient (Wildman–Crippen LogP) is 2.90. The first-order chi connectivity index (χ1) is 15.7. The molecule has 0 aromatic heterocycles. The summed E-state index contributed by atoms with van der Waals surface area (Å²) < 4.78 is 13.9. The van der Waals surface area contributed by atoms with E-state index in [2.05, 4.69) is 10.6 Å². The summed E-state index contributed by atoms with van der Waals surface area (Å²) in [5, 5.41) is 5.54. The van der Waals surface area contributed by atoms with Crippen LogP contribution in [0.2, 0.25) is 5.02 Å². The van der Waals surface area contributed by atoms with Gasteiger partial charge in [-0.25, -0.2) is 4.39 Å². The number of nitrogens with one attached hydrogen (secondary N) is 2. The molecule has 2 aliphatic carbocycles. The van der Waals surface area contributed by atoms with Crippen LogP contribution in [0.15, 0.2) is 24.3 Å². The Morgan fingerprint density at radius 3 is 2.27 bits per heavy atom. The third-order valence-corrected chi connectivity index (χ3v) is 6.43. The highest BCUT2D eigenvalue weighted by molar-refractivity contribution is 6.37. The maximum Gasteiger partial charge on any atom is 0.287 e. The number of nitrogens with two attached hydrogens (primary N) is 1. The quantitative estimate of drug-likeness (QED) is 0.335. The Hall–Kier alpha value is -2.74. The van der Waals surface area contributed by atoms with E-state index in [1.165, 1.54) is 18.2 Å². The SMILES string of the molecule is NC(=O)C(=O)C(CC1CCCC1)NC(=O)C(CC1CC1)NC(=O)/C=C/c1ccc(Cl)cc1F. The Labute approximate surface area is 197 Å². The van der Waals surface area contributed by atoms with Crippen molar-refractivity contribution in [3.8, 4) is 0 Å². The molecule has 2 atom stereocenters. The molecule has 0 bridgehead atoms. The molecule has 7 nitrogen and oxygen atoms in total. The maximum absolute atomic E-state index is 13.9. The third kappa shape index (κ3) is 7.67. The molecule has 4 N–H and O–H groups in total. The van der Waals surface area contributed by atoms with Crippen molar-refractivity contribution < 1.29 is 23.6 Å². The molecule has 2 aliphatic rings. The number of Topliss-reactive ketones (excluding diaryl/α,β-unsaturated/α-hetero) is 1. The van der Waals surface area contributed by atoms with Gasteiger partial charge in [-0.1, -0.05) is 56.2 Å². The monoisotopic (exact) mass is 477 g/mol. The number of ketones is 1. The fourth-order valence-corrected chi connectivity index (χ4v) is 4.35. The average Bonchev–Trinajstić information content (AvgIpc) is 3.43. The molecule has 1 aromatic carbocycles. The number of amides is 3. The van der Waals surface area contributed by atoms with Crippen LogP contribution in [-0.2, 0) is 19.2 Å². The van der Waals surface area contributed by atoms with Crippen LogP contribution in [0.25, 0.3) is 6.08 Å². The summed E-state index contributed by atoms with van der Waals surface area (Å²) >= 11 is 5.73. The topological polar surface area (TPSA) is 118 Å². The summed E-state index contributed by atoms with van der Waals surface area (Å²) in [6, 6.07) is 2.21. The van der Waals surface area contributed by atoms with Gasteiger partial charge in [-0.15, -0.1) is 0 Å². The van der Waals surface area contributed by atoms with Crippen LogP contribution in [0, 0.1) is 17.7 Å². The van der Waals surface area contributed by atoms with E-state index in [4.69, 9.17) is 17.3 Å². The first-order valence-electron chi connectivity index (χ1n) is 11.3. The van der Waals surface area contributed by atoms with Crippen molar-refractivity contribution in [2.45, 2.75) is 63.5 Å². The zero-order valence-electron chi connectivity index (χ0n) is 18.3. The minimum Gasteiger partial charge on any atom is -0.363 e. The minimum atomic E-state index is -1.09. The van der Waals surface area contributed by atoms with Gasteiger partial charge in [0.05, 0.1) is 6.04 Å². The van der Waals surface area contributed by atoms with Crippen LogP contribution in [0.4, 0.5) is 4.39 Å². The van der Waals surface area contributed by atoms with E-state index in [0.717, 1.165) is 50.7 Å². The van der Waals surface area contributed by atoms with Crippen molar-refractivity contribution >= 4 is 41.2 Å². The zero-order valence-corrected chi connectivity index (χ0v) is 19.1. The Balaban J connectivity index is 1.66. The Morgan fingerprint density at radius 1 is 1.03 bits per heavy atom. The minimum absolute atomic E-state index is 0.182. The van der Waals surface area contributed by atoms with E-state index in [9.17, 15) is 23.6 Å². The van der Waals surface area contributed by atoms with Crippen molar-refractivity contribution in [2.24, 2.45) is 17.6 Å². The van der Waals surface area contributed by atoms with Crippen LogP contribution in [0.1, 0.15) is 56.9 Å². The Kier molecular flexibility index (Phi) is 8.61. The van der Waals surface area contributed by atoms with Gasteiger partial charge in [0.2, 0.25) is 17.6 Å². The van der Waals surface area contributed by atoms with Crippen molar-refractivity contribution in [1.82, 2.24) is 10.6 Å². The maximum atomic E-state index is 13.9. The largest absolute Gasteiger partial charge is 0.363 e. The van der Waals surface area contributed by atoms with E-state index < -0.39 is 41.4 Å². The second-order valence-electron chi connectivity index (χ2n) is 8.92. The lowest BCUT2D eigenvalue weighted by molar-refractivity contribution is -0.139. The molecule has 2 unspecified atom stereocenters. The average molecular weight is 478 g/mol. The van der Waals surface area contributed by atoms with Crippen LogP contribution < -0.4 is 16.4 Å². The smallest absolute Gasteiger partial charge is 0.287 e. The number of halogens is 2.